The summed E-state index contributed by atoms with van der Waals surface area (Å²) in [6, 6.07) is 0. The number of alkyl halides is 3. The van der Waals surface area contributed by atoms with Crippen LogP contribution in [0.4, 0.5) is 13.2 Å². The third-order valence-corrected chi connectivity index (χ3v) is 2.30. The van der Waals surface area contributed by atoms with Gasteiger partial charge in [-0.2, -0.15) is 0 Å². The number of carbonyl (C=O) groups excluding carboxylic acids is 1. The summed E-state index contributed by atoms with van der Waals surface area (Å²) in [4.78, 5) is 11.2. The van der Waals surface area contributed by atoms with Crippen LogP contribution in [0.25, 0.3) is 0 Å². The molecule has 14 heavy (non-hydrogen) atoms. The summed E-state index contributed by atoms with van der Waals surface area (Å²) in [5.74, 6) is -1.46. The van der Waals surface area contributed by atoms with E-state index >= 15 is 0 Å². The number of thiophene rings is 1. The van der Waals surface area contributed by atoms with E-state index in [0.717, 1.165) is 16.7 Å². The van der Waals surface area contributed by atoms with Gasteiger partial charge in [0.25, 0.3) is 5.91 Å². The quantitative estimate of drug-likeness (QED) is 0.837. The Hall–Kier alpha value is -1.24. The number of primary amides is 1. The molecule has 1 heterocycles. The molecular formula is C7H6F3NO2S. The first-order valence-electron chi connectivity index (χ1n) is 3.45. The van der Waals surface area contributed by atoms with Crippen LogP contribution in [-0.2, 0) is 0 Å². The van der Waals surface area contributed by atoms with E-state index in [9.17, 15) is 18.0 Å². The zero-order valence-corrected chi connectivity index (χ0v) is 7.83. The fourth-order valence-corrected chi connectivity index (χ4v) is 1.70. The summed E-state index contributed by atoms with van der Waals surface area (Å²) < 4.78 is 39.1. The van der Waals surface area contributed by atoms with Gasteiger partial charge in [0.2, 0.25) is 0 Å². The molecule has 3 nitrogen and oxygen atoms in total. The second-order valence-electron chi connectivity index (χ2n) is 2.44. The third-order valence-electron chi connectivity index (χ3n) is 1.41. The molecule has 1 amide bonds. The number of hydrogen-bond donors (Lipinski definition) is 1. The van der Waals surface area contributed by atoms with Crippen molar-refractivity contribution < 1.29 is 22.7 Å². The Morgan fingerprint density at radius 3 is 2.57 bits per heavy atom. The molecule has 1 aromatic heterocycles. The van der Waals surface area contributed by atoms with E-state index in [1.807, 2.05) is 0 Å². The van der Waals surface area contributed by atoms with Crippen molar-refractivity contribution in [3.8, 4) is 5.75 Å². The van der Waals surface area contributed by atoms with Gasteiger partial charge >= 0.3 is 6.36 Å². The zero-order chi connectivity index (χ0) is 10.9. The standard InChI is InChI=1S/C7H6F3NO2S/c1-3-5(6(11)12)4(2-14-3)13-7(8,9)10/h2H,1H3,(H2,11,12). The molecule has 0 radical (unpaired) electrons. The average Bonchev–Trinajstić information content (AvgIpc) is 2.27. The van der Waals surface area contributed by atoms with Gasteiger partial charge < -0.3 is 10.5 Å². The van der Waals surface area contributed by atoms with E-state index in [-0.39, 0.29) is 5.56 Å². The van der Waals surface area contributed by atoms with Crippen molar-refractivity contribution in [3.63, 3.8) is 0 Å². The summed E-state index contributed by atoms with van der Waals surface area (Å²) in [7, 11) is 0. The van der Waals surface area contributed by atoms with Crippen LogP contribution in [0.15, 0.2) is 5.38 Å². The SMILES string of the molecule is Cc1scc(OC(F)(F)F)c1C(N)=O. The number of rotatable bonds is 2. The molecule has 0 aliphatic heterocycles. The Labute approximate surface area is 81.3 Å². The second-order valence-corrected chi connectivity index (χ2v) is 3.53. The van der Waals surface area contributed by atoms with Gasteiger partial charge in [0.15, 0.2) is 5.75 Å². The van der Waals surface area contributed by atoms with E-state index in [0.29, 0.717) is 4.88 Å². The molecule has 0 unspecified atom stereocenters. The van der Waals surface area contributed by atoms with Crippen LogP contribution in [-0.4, -0.2) is 12.3 Å². The zero-order valence-electron chi connectivity index (χ0n) is 7.01. The van der Waals surface area contributed by atoms with Crippen LogP contribution in [0.2, 0.25) is 0 Å². The van der Waals surface area contributed by atoms with Crippen molar-refractivity contribution in [2.75, 3.05) is 0 Å². The van der Waals surface area contributed by atoms with E-state index in [1.165, 1.54) is 6.92 Å². The molecule has 0 atom stereocenters. The number of halogens is 3. The number of amides is 1. The lowest BCUT2D eigenvalue weighted by Crippen LogP contribution is -2.20. The fourth-order valence-electron chi connectivity index (χ4n) is 0.928. The van der Waals surface area contributed by atoms with Crippen molar-refractivity contribution in [1.29, 1.82) is 0 Å². The molecule has 1 aromatic rings. The molecule has 78 valence electrons. The van der Waals surface area contributed by atoms with E-state index in [4.69, 9.17) is 5.73 Å². The van der Waals surface area contributed by atoms with Crippen LogP contribution >= 0.6 is 11.3 Å². The van der Waals surface area contributed by atoms with Crippen LogP contribution in [0.3, 0.4) is 0 Å². The van der Waals surface area contributed by atoms with Gasteiger partial charge in [-0.3, -0.25) is 4.79 Å². The van der Waals surface area contributed by atoms with Gasteiger partial charge in [0, 0.05) is 10.3 Å². The lowest BCUT2D eigenvalue weighted by molar-refractivity contribution is -0.274. The Kier molecular flexibility index (Phi) is 2.70. The van der Waals surface area contributed by atoms with Crippen molar-refractivity contribution >= 4 is 17.2 Å². The smallest absolute Gasteiger partial charge is 0.404 e. The highest BCUT2D eigenvalue weighted by molar-refractivity contribution is 7.10. The maximum Gasteiger partial charge on any atom is 0.573 e. The Bertz CT molecular complexity index is 358. The van der Waals surface area contributed by atoms with E-state index < -0.39 is 18.0 Å². The number of ether oxygens (including phenoxy) is 1. The average molecular weight is 225 g/mol. The normalized spacial score (nSPS) is 11.4. The second kappa shape index (κ2) is 3.49. The van der Waals surface area contributed by atoms with Crippen LogP contribution in [0, 0.1) is 6.92 Å². The minimum Gasteiger partial charge on any atom is -0.404 e. The van der Waals surface area contributed by atoms with Gasteiger partial charge in [-0.15, -0.1) is 24.5 Å². The summed E-state index contributed by atoms with van der Waals surface area (Å²) in [6.07, 6.45) is -4.81. The predicted octanol–water partition coefficient (Wildman–Crippen LogP) is 2.05. The van der Waals surface area contributed by atoms with E-state index in [1.54, 1.807) is 0 Å². The highest BCUT2D eigenvalue weighted by atomic mass is 32.1. The van der Waals surface area contributed by atoms with Gasteiger partial charge in [0.05, 0.1) is 5.56 Å². The summed E-state index contributed by atoms with van der Waals surface area (Å²) >= 11 is 0.974. The van der Waals surface area contributed by atoms with Crippen LogP contribution < -0.4 is 10.5 Å². The van der Waals surface area contributed by atoms with Gasteiger partial charge in [-0.1, -0.05) is 0 Å². The maximum absolute atomic E-state index is 11.8. The molecule has 0 aromatic carbocycles. The number of carbonyl (C=O) groups is 1. The Morgan fingerprint density at radius 1 is 1.57 bits per heavy atom. The molecule has 0 saturated carbocycles. The van der Waals surface area contributed by atoms with Gasteiger partial charge in [-0.25, -0.2) is 0 Å². The molecule has 0 bridgehead atoms. The number of nitrogens with two attached hydrogens (primary N) is 1. The molecular weight excluding hydrogens is 219 g/mol. The molecule has 2 N–H and O–H groups in total. The number of hydrogen-bond acceptors (Lipinski definition) is 3. The summed E-state index contributed by atoms with van der Waals surface area (Å²) in [5.41, 5.74) is 4.68. The van der Waals surface area contributed by atoms with E-state index in [2.05, 4.69) is 4.74 Å². The van der Waals surface area contributed by atoms with Gasteiger partial charge in [0.1, 0.15) is 0 Å². The van der Waals surface area contributed by atoms with Gasteiger partial charge in [-0.05, 0) is 6.92 Å². The topological polar surface area (TPSA) is 52.3 Å². The summed E-state index contributed by atoms with van der Waals surface area (Å²) in [5, 5.41) is 1.10. The predicted molar refractivity (Wildman–Crippen MR) is 44.3 cm³/mol. The minimum absolute atomic E-state index is 0.215. The van der Waals surface area contributed by atoms with Crippen LogP contribution in [0.5, 0.6) is 5.75 Å². The summed E-state index contributed by atoms with van der Waals surface area (Å²) in [6.45, 7) is 1.49. The molecule has 0 aliphatic rings. The largest absolute Gasteiger partial charge is 0.573 e. The molecule has 0 saturated heterocycles. The van der Waals surface area contributed by atoms with Crippen molar-refractivity contribution in [3.05, 3.63) is 15.8 Å². The minimum atomic E-state index is -4.81. The highest BCUT2D eigenvalue weighted by Gasteiger charge is 2.33. The first-order chi connectivity index (χ1) is 6.31. The Balaban J connectivity index is 3.04. The molecule has 0 fully saturated rings. The maximum atomic E-state index is 11.8. The van der Waals surface area contributed by atoms with Crippen LogP contribution in [0.1, 0.15) is 15.2 Å². The molecule has 7 heteroatoms. The Morgan fingerprint density at radius 2 is 2.14 bits per heavy atom. The lowest BCUT2D eigenvalue weighted by Gasteiger charge is -2.08. The highest BCUT2D eigenvalue weighted by Crippen LogP contribution is 2.32. The molecule has 0 aliphatic carbocycles. The number of aryl methyl sites for hydroxylation is 1. The van der Waals surface area contributed by atoms with Crippen molar-refractivity contribution in [1.82, 2.24) is 0 Å². The fraction of sp³-hybridized carbons (Fsp3) is 0.286. The molecule has 0 spiro atoms. The monoisotopic (exact) mass is 225 g/mol. The first kappa shape index (κ1) is 10.8. The first-order valence-corrected chi connectivity index (χ1v) is 4.33. The van der Waals surface area contributed by atoms with Crippen molar-refractivity contribution in [2.24, 2.45) is 5.73 Å². The lowest BCUT2D eigenvalue weighted by atomic mass is 10.2. The third kappa shape index (κ3) is 2.38. The van der Waals surface area contributed by atoms with Crippen molar-refractivity contribution in [2.45, 2.75) is 13.3 Å². The molecule has 1 rings (SSSR count).